The normalized spacial score (nSPS) is 16.3. The number of benzene rings is 2. The summed E-state index contributed by atoms with van der Waals surface area (Å²) in [5.74, 6) is -0.599. The third-order valence-corrected chi connectivity index (χ3v) is 4.30. The average molecular weight is 384 g/mol. The zero-order valence-electron chi connectivity index (χ0n) is 14.2. The first-order valence-corrected chi connectivity index (χ1v) is 8.39. The molecule has 0 radical (unpaired) electrons. The van der Waals surface area contributed by atoms with E-state index < -0.39 is 16.9 Å². The van der Waals surface area contributed by atoms with Crippen molar-refractivity contribution in [2.24, 2.45) is 0 Å². The van der Waals surface area contributed by atoms with Crippen LogP contribution in [0.25, 0.3) is 0 Å². The number of nitro groups is 1. The van der Waals surface area contributed by atoms with Crippen LogP contribution in [0.5, 0.6) is 5.75 Å². The van der Waals surface area contributed by atoms with Crippen molar-refractivity contribution in [1.82, 2.24) is 10.6 Å². The Bertz CT molecular complexity index is 959. The first kappa shape index (κ1) is 18.3. The van der Waals surface area contributed by atoms with Gasteiger partial charge in [0, 0.05) is 29.1 Å². The fourth-order valence-corrected chi connectivity index (χ4v) is 3.11. The molecule has 1 atom stereocenters. The number of aromatic hydroxyl groups is 1. The van der Waals surface area contributed by atoms with Gasteiger partial charge in [-0.05, 0) is 37.3 Å². The first-order chi connectivity index (χ1) is 12.9. The van der Waals surface area contributed by atoms with E-state index in [0.29, 0.717) is 11.4 Å². The maximum Gasteiger partial charge on any atom is 0.270 e. The second-order valence-electron chi connectivity index (χ2n) is 5.89. The third-order valence-electron chi connectivity index (χ3n) is 4.08. The largest absolute Gasteiger partial charge is 0.508 e. The molecule has 0 saturated heterocycles. The first-order valence-electron chi connectivity index (χ1n) is 7.99. The molecule has 1 aliphatic heterocycles. The number of carbonyl (C=O) groups is 1. The Hall–Kier alpha value is -3.46. The molecular formula is C18H16N4O4S. The van der Waals surface area contributed by atoms with E-state index >= 15 is 0 Å². The summed E-state index contributed by atoms with van der Waals surface area (Å²) in [5, 5.41) is 30.2. The molecule has 0 aromatic heterocycles. The summed E-state index contributed by atoms with van der Waals surface area (Å²) >= 11 is 5.15. The second kappa shape index (κ2) is 7.42. The van der Waals surface area contributed by atoms with Gasteiger partial charge in [0.1, 0.15) is 5.75 Å². The van der Waals surface area contributed by atoms with E-state index in [2.05, 4.69) is 16.0 Å². The van der Waals surface area contributed by atoms with Crippen LogP contribution in [0.15, 0.2) is 59.8 Å². The van der Waals surface area contributed by atoms with Crippen LogP contribution < -0.4 is 16.0 Å². The number of rotatable bonds is 4. The lowest BCUT2D eigenvalue weighted by Gasteiger charge is -2.30. The Balaban J connectivity index is 2.03. The molecule has 0 saturated carbocycles. The smallest absolute Gasteiger partial charge is 0.270 e. The van der Waals surface area contributed by atoms with E-state index in [4.69, 9.17) is 12.2 Å². The Morgan fingerprint density at radius 1 is 1.26 bits per heavy atom. The number of phenolic OH excluding ortho intramolecular Hbond substituents is 1. The predicted octanol–water partition coefficient (Wildman–Crippen LogP) is 2.73. The summed E-state index contributed by atoms with van der Waals surface area (Å²) in [6.45, 7) is 1.68. The third kappa shape index (κ3) is 3.87. The van der Waals surface area contributed by atoms with Gasteiger partial charge in [-0.3, -0.25) is 14.9 Å². The molecule has 2 aromatic rings. The number of non-ortho nitro benzene ring substituents is 1. The number of amides is 1. The highest BCUT2D eigenvalue weighted by Gasteiger charge is 2.32. The minimum absolute atomic E-state index is 0.180. The fourth-order valence-electron chi connectivity index (χ4n) is 2.83. The van der Waals surface area contributed by atoms with Crippen LogP contribution in [0, 0.1) is 10.1 Å². The molecule has 0 fully saturated rings. The van der Waals surface area contributed by atoms with Crippen molar-refractivity contribution in [2.45, 2.75) is 13.0 Å². The number of nitrogens with zero attached hydrogens (tertiary/aromatic N) is 1. The topological polar surface area (TPSA) is 117 Å². The number of nitro benzene ring substituents is 1. The molecule has 0 spiro atoms. The van der Waals surface area contributed by atoms with Gasteiger partial charge in [-0.2, -0.15) is 0 Å². The van der Waals surface area contributed by atoms with Crippen molar-refractivity contribution in [3.63, 3.8) is 0 Å². The lowest BCUT2D eigenvalue weighted by atomic mass is 9.93. The van der Waals surface area contributed by atoms with Gasteiger partial charge in [0.2, 0.25) is 0 Å². The number of anilines is 1. The highest BCUT2D eigenvalue weighted by molar-refractivity contribution is 7.80. The van der Waals surface area contributed by atoms with Crippen LogP contribution >= 0.6 is 12.2 Å². The number of hydrogen-bond donors (Lipinski definition) is 4. The molecule has 1 aliphatic rings. The molecule has 3 rings (SSSR count). The Morgan fingerprint density at radius 2 is 1.96 bits per heavy atom. The molecular weight excluding hydrogens is 368 g/mol. The van der Waals surface area contributed by atoms with Gasteiger partial charge in [-0.25, -0.2) is 0 Å². The molecule has 8 nitrogen and oxygen atoms in total. The van der Waals surface area contributed by atoms with E-state index in [-0.39, 0.29) is 27.7 Å². The molecule has 1 heterocycles. The zero-order valence-corrected chi connectivity index (χ0v) is 15.0. The van der Waals surface area contributed by atoms with Crippen molar-refractivity contribution in [2.75, 3.05) is 5.32 Å². The van der Waals surface area contributed by atoms with E-state index in [9.17, 15) is 20.0 Å². The predicted molar refractivity (Wildman–Crippen MR) is 104 cm³/mol. The van der Waals surface area contributed by atoms with Gasteiger partial charge >= 0.3 is 0 Å². The van der Waals surface area contributed by atoms with Gasteiger partial charge in [-0.15, -0.1) is 0 Å². The quantitative estimate of drug-likeness (QED) is 0.364. The minimum Gasteiger partial charge on any atom is -0.508 e. The standard InChI is InChI=1S/C18H16N4O4S/c1-10-15(17(24)20-11-5-3-2-4-6-11)16(21-18(27)19-10)13-9-12(22(25)26)7-8-14(13)23/h2-9,16,23H,1H3,(H,20,24)(H2,19,21,27)/t16-/m1/s1. The van der Waals surface area contributed by atoms with Crippen molar-refractivity contribution in [1.29, 1.82) is 0 Å². The number of thiocarbonyl (C=S) groups is 1. The lowest BCUT2D eigenvalue weighted by molar-refractivity contribution is -0.385. The van der Waals surface area contributed by atoms with Crippen molar-refractivity contribution in [3.05, 3.63) is 75.5 Å². The number of phenols is 1. The molecule has 0 bridgehead atoms. The summed E-state index contributed by atoms with van der Waals surface area (Å²) < 4.78 is 0. The van der Waals surface area contributed by atoms with Crippen molar-refractivity contribution in [3.8, 4) is 5.75 Å². The number of carbonyl (C=O) groups excluding carboxylic acids is 1. The van der Waals surface area contributed by atoms with Crippen LogP contribution in [-0.2, 0) is 4.79 Å². The minimum atomic E-state index is -0.845. The van der Waals surface area contributed by atoms with Crippen LogP contribution in [0.4, 0.5) is 11.4 Å². The molecule has 138 valence electrons. The highest BCUT2D eigenvalue weighted by Crippen LogP contribution is 2.35. The Labute approximate surface area is 160 Å². The van der Waals surface area contributed by atoms with Crippen molar-refractivity contribution >= 4 is 34.6 Å². The zero-order chi connectivity index (χ0) is 19.6. The fraction of sp³-hybridized carbons (Fsp3) is 0.111. The van der Waals surface area contributed by atoms with Gasteiger partial charge in [-0.1, -0.05) is 18.2 Å². The summed E-state index contributed by atoms with van der Waals surface area (Å²) in [6, 6.07) is 11.7. The van der Waals surface area contributed by atoms with E-state index in [1.165, 1.54) is 18.2 Å². The summed E-state index contributed by atoms with van der Waals surface area (Å²) in [7, 11) is 0. The number of hydrogen-bond acceptors (Lipinski definition) is 5. The lowest BCUT2D eigenvalue weighted by Crippen LogP contribution is -2.45. The van der Waals surface area contributed by atoms with Gasteiger partial charge in [0.15, 0.2) is 5.11 Å². The summed E-state index contributed by atoms with van der Waals surface area (Å²) in [4.78, 5) is 23.4. The van der Waals surface area contributed by atoms with Gasteiger partial charge in [0.05, 0.1) is 16.5 Å². The average Bonchev–Trinajstić information content (AvgIpc) is 2.62. The molecule has 0 unspecified atom stereocenters. The summed E-state index contributed by atoms with van der Waals surface area (Å²) in [5.41, 5.74) is 1.34. The van der Waals surface area contributed by atoms with Crippen LogP contribution in [-0.4, -0.2) is 21.0 Å². The Kier molecular flexibility index (Phi) is 5.04. The molecule has 1 amide bonds. The molecule has 2 aromatic carbocycles. The maximum absolute atomic E-state index is 12.9. The molecule has 4 N–H and O–H groups in total. The number of allylic oxidation sites excluding steroid dienone is 1. The van der Waals surface area contributed by atoms with Gasteiger partial charge < -0.3 is 21.1 Å². The van der Waals surface area contributed by atoms with Crippen LogP contribution in [0.1, 0.15) is 18.5 Å². The molecule has 27 heavy (non-hydrogen) atoms. The van der Waals surface area contributed by atoms with Gasteiger partial charge in [0.25, 0.3) is 11.6 Å². The van der Waals surface area contributed by atoms with Crippen molar-refractivity contribution < 1.29 is 14.8 Å². The van der Waals surface area contributed by atoms with Crippen LogP contribution in [0.2, 0.25) is 0 Å². The summed E-state index contributed by atoms with van der Waals surface area (Å²) in [6.07, 6.45) is 0. The molecule has 0 aliphatic carbocycles. The highest BCUT2D eigenvalue weighted by atomic mass is 32.1. The number of para-hydroxylation sites is 1. The monoisotopic (exact) mass is 384 g/mol. The van der Waals surface area contributed by atoms with E-state index in [1.807, 2.05) is 6.07 Å². The second-order valence-corrected chi connectivity index (χ2v) is 6.30. The Morgan fingerprint density at radius 3 is 2.63 bits per heavy atom. The number of nitrogens with one attached hydrogen (secondary N) is 3. The van der Waals surface area contributed by atoms with Crippen LogP contribution in [0.3, 0.4) is 0 Å². The van der Waals surface area contributed by atoms with E-state index in [0.717, 1.165) is 0 Å². The molecule has 9 heteroatoms. The van der Waals surface area contributed by atoms with E-state index in [1.54, 1.807) is 31.2 Å². The maximum atomic E-state index is 12.9. The SMILES string of the molecule is CC1=C(C(=O)Nc2ccccc2)[C@@H](c2cc([N+](=O)[O-])ccc2O)NC(=S)N1.